The molecule has 1 unspecified atom stereocenters. The third-order valence-electron chi connectivity index (χ3n) is 2.58. The van der Waals surface area contributed by atoms with E-state index in [9.17, 15) is 9.59 Å². The van der Waals surface area contributed by atoms with Crippen LogP contribution in [0.25, 0.3) is 0 Å². The monoisotopic (exact) mass is 244 g/mol. The van der Waals surface area contributed by atoms with Gasteiger partial charge in [0.1, 0.15) is 0 Å². The summed E-state index contributed by atoms with van der Waals surface area (Å²) < 4.78 is 4.53. The van der Waals surface area contributed by atoms with Crippen LogP contribution in [0.4, 0.5) is 0 Å². The summed E-state index contributed by atoms with van der Waals surface area (Å²) in [6.45, 7) is 2.52. The van der Waals surface area contributed by atoms with Gasteiger partial charge in [-0.05, 0) is 26.2 Å². The van der Waals surface area contributed by atoms with Crippen molar-refractivity contribution >= 4 is 11.9 Å². The zero-order valence-corrected chi connectivity index (χ0v) is 11.1. The largest absolute Gasteiger partial charge is 0.469 e. The van der Waals surface area contributed by atoms with Crippen LogP contribution in [0.2, 0.25) is 0 Å². The van der Waals surface area contributed by atoms with Crippen molar-refractivity contribution in [2.45, 2.75) is 45.1 Å². The molecule has 0 aliphatic heterocycles. The Balaban J connectivity index is 3.63. The lowest BCUT2D eigenvalue weighted by molar-refractivity contribution is -0.141. The van der Waals surface area contributed by atoms with Gasteiger partial charge in [0.25, 0.3) is 0 Å². The van der Waals surface area contributed by atoms with Gasteiger partial charge >= 0.3 is 5.97 Å². The Morgan fingerprint density at radius 3 is 2.47 bits per heavy atom. The van der Waals surface area contributed by atoms with Crippen molar-refractivity contribution in [1.29, 1.82) is 0 Å². The highest BCUT2D eigenvalue weighted by molar-refractivity contribution is 5.75. The van der Waals surface area contributed by atoms with Crippen molar-refractivity contribution in [3.8, 4) is 0 Å². The van der Waals surface area contributed by atoms with Crippen LogP contribution in [0.1, 0.15) is 39.0 Å². The first-order chi connectivity index (χ1) is 7.97. The van der Waals surface area contributed by atoms with Crippen molar-refractivity contribution < 1.29 is 14.3 Å². The van der Waals surface area contributed by atoms with Gasteiger partial charge in [-0.15, -0.1) is 0 Å². The van der Waals surface area contributed by atoms with Crippen LogP contribution >= 0.6 is 0 Å². The number of nitrogens with two attached hydrogens (primary N) is 1. The van der Waals surface area contributed by atoms with Gasteiger partial charge in [0.05, 0.1) is 7.11 Å². The Labute approximate surface area is 103 Å². The van der Waals surface area contributed by atoms with E-state index in [1.54, 1.807) is 11.9 Å². The molecule has 0 rings (SSSR count). The van der Waals surface area contributed by atoms with Crippen LogP contribution in [-0.4, -0.2) is 43.5 Å². The number of rotatable bonds is 8. The number of hydrogen-bond donors (Lipinski definition) is 1. The van der Waals surface area contributed by atoms with Crippen molar-refractivity contribution in [3.05, 3.63) is 0 Å². The second-order valence-corrected chi connectivity index (χ2v) is 4.36. The second-order valence-electron chi connectivity index (χ2n) is 4.36. The molecule has 0 aromatic carbocycles. The Morgan fingerprint density at radius 1 is 1.29 bits per heavy atom. The van der Waals surface area contributed by atoms with Gasteiger partial charge in [-0.3, -0.25) is 9.59 Å². The highest BCUT2D eigenvalue weighted by atomic mass is 16.5. The van der Waals surface area contributed by atoms with Crippen LogP contribution in [-0.2, 0) is 14.3 Å². The molecular weight excluding hydrogens is 220 g/mol. The van der Waals surface area contributed by atoms with Crippen molar-refractivity contribution in [3.63, 3.8) is 0 Å². The van der Waals surface area contributed by atoms with E-state index in [1.807, 2.05) is 6.92 Å². The average molecular weight is 244 g/mol. The molecule has 1 atom stereocenters. The van der Waals surface area contributed by atoms with E-state index in [2.05, 4.69) is 4.74 Å². The first kappa shape index (κ1) is 15.9. The Kier molecular flexibility index (Phi) is 8.40. The Bertz CT molecular complexity index is 242. The van der Waals surface area contributed by atoms with E-state index >= 15 is 0 Å². The highest BCUT2D eigenvalue weighted by Crippen LogP contribution is 2.03. The molecule has 17 heavy (non-hydrogen) atoms. The fraction of sp³-hybridized carbons (Fsp3) is 0.833. The zero-order chi connectivity index (χ0) is 13.3. The van der Waals surface area contributed by atoms with Gasteiger partial charge in [-0.2, -0.15) is 0 Å². The zero-order valence-electron chi connectivity index (χ0n) is 11.1. The minimum Gasteiger partial charge on any atom is -0.469 e. The van der Waals surface area contributed by atoms with Crippen molar-refractivity contribution in [1.82, 2.24) is 4.90 Å². The lowest BCUT2D eigenvalue weighted by atomic mass is 10.1. The molecule has 1 amide bonds. The molecule has 5 heteroatoms. The maximum atomic E-state index is 11.6. The molecule has 0 saturated carbocycles. The fourth-order valence-electron chi connectivity index (χ4n) is 1.45. The molecule has 0 aromatic rings. The molecule has 5 nitrogen and oxygen atoms in total. The highest BCUT2D eigenvalue weighted by Gasteiger charge is 2.09. The fourth-order valence-corrected chi connectivity index (χ4v) is 1.45. The molecular formula is C12H24N2O3. The average Bonchev–Trinajstić information content (AvgIpc) is 2.27. The number of nitrogens with zero attached hydrogens (tertiary/aromatic N) is 1. The minimum atomic E-state index is -0.234. The third-order valence-corrected chi connectivity index (χ3v) is 2.58. The maximum Gasteiger partial charge on any atom is 0.305 e. The SMILES string of the molecule is COC(=O)CCCN(C)C(=O)CCCC(C)N. The summed E-state index contributed by atoms with van der Waals surface area (Å²) in [5, 5.41) is 0. The smallest absolute Gasteiger partial charge is 0.305 e. The topological polar surface area (TPSA) is 72.6 Å². The number of hydrogen-bond acceptors (Lipinski definition) is 4. The van der Waals surface area contributed by atoms with E-state index in [1.165, 1.54) is 7.11 Å². The lowest BCUT2D eigenvalue weighted by Gasteiger charge is -2.17. The molecule has 0 aliphatic carbocycles. The van der Waals surface area contributed by atoms with E-state index < -0.39 is 0 Å². The standard InChI is InChI=1S/C12H24N2O3/c1-10(13)6-4-7-11(15)14(2)9-5-8-12(16)17-3/h10H,4-9,13H2,1-3H3. The first-order valence-electron chi connectivity index (χ1n) is 6.03. The Morgan fingerprint density at radius 2 is 1.94 bits per heavy atom. The van der Waals surface area contributed by atoms with Gasteiger partial charge < -0.3 is 15.4 Å². The second kappa shape index (κ2) is 8.98. The van der Waals surface area contributed by atoms with E-state index in [4.69, 9.17) is 5.73 Å². The van der Waals surface area contributed by atoms with Crippen LogP contribution in [0.5, 0.6) is 0 Å². The number of methoxy groups -OCH3 is 1. The number of esters is 1. The van der Waals surface area contributed by atoms with Crippen molar-refractivity contribution in [2.75, 3.05) is 20.7 Å². The molecule has 0 spiro atoms. The maximum absolute atomic E-state index is 11.6. The van der Waals surface area contributed by atoms with Gasteiger partial charge in [0, 0.05) is 32.5 Å². The molecule has 100 valence electrons. The summed E-state index contributed by atoms with van der Waals surface area (Å²) in [5.41, 5.74) is 5.61. The van der Waals surface area contributed by atoms with Gasteiger partial charge in [-0.25, -0.2) is 0 Å². The third kappa shape index (κ3) is 8.68. The quantitative estimate of drug-likeness (QED) is 0.644. The van der Waals surface area contributed by atoms with E-state index in [0.717, 1.165) is 12.8 Å². The summed E-state index contributed by atoms with van der Waals surface area (Å²) >= 11 is 0. The Hall–Kier alpha value is -1.10. The minimum absolute atomic E-state index is 0.107. The molecule has 0 fully saturated rings. The number of carbonyl (C=O) groups is 2. The molecule has 0 heterocycles. The normalized spacial score (nSPS) is 12.0. The van der Waals surface area contributed by atoms with E-state index in [0.29, 0.717) is 25.8 Å². The van der Waals surface area contributed by atoms with Crippen LogP contribution in [0.3, 0.4) is 0 Å². The first-order valence-corrected chi connectivity index (χ1v) is 6.03. The number of carbonyl (C=O) groups excluding carboxylic acids is 2. The summed E-state index contributed by atoms with van der Waals surface area (Å²) in [5.74, 6) is -0.127. The summed E-state index contributed by atoms with van der Waals surface area (Å²) in [6, 6.07) is 0.146. The molecule has 0 bridgehead atoms. The van der Waals surface area contributed by atoms with Gasteiger partial charge in [0.15, 0.2) is 0 Å². The predicted molar refractivity (Wildman–Crippen MR) is 66.4 cm³/mol. The van der Waals surface area contributed by atoms with Crippen molar-refractivity contribution in [2.24, 2.45) is 5.73 Å². The van der Waals surface area contributed by atoms with E-state index in [-0.39, 0.29) is 17.9 Å². The van der Waals surface area contributed by atoms with Crippen LogP contribution in [0.15, 0.2) is 0 Å². The number of amides is 1. The summed E-state index contributed by atoms with van der Waals surface area (Å²) in [4.78, 5) is 24.2. The molecule has 2 N–H and O–H groups in total. The summed E-state index contributed by atoms with van der Waals surface area (Å²) in [6.07, 6.45) is 3.20. The van der Waals surface area contributed by atoms with Crippen LogP contribution < -0.4 is 5.73 Å². The van der Waals surface area contributed by atoms with Gasteiger partial charge in [-0.1, -0.05) is 0 Å². The number of ether oxygens (including phenoxy) is 1. The predicted octanol–water partition coefficient (Wildman–Crippen LogP) is 0.915. The van der Waals surface area contributed by atoms with Crippen LogP contribution in [0, 0.1) is 0 Å². The summed E-state index contributed by atoms with van der Waals surface area (Å²) in [7, 11) is 3.12. The molecule has 0 aromatic heterocycles. The molecule has 0 aliphatic rings. The molecule has 0 radical (unpaired) electrons. The van der Waals surface area contributed by atoms with Gasteiger partial charge in [0.2, 0.25) is 5.91 Å². The molecule has 0 saturated heterocycles. The lowest BCUT2D eigenvalue weighted by Crippen LogP contribution is -2.28.